The Balaban J connectivity index is 1.68. The van der Waals surface area contributed by atoms with Gasteiger partial charge in [-0.15, -0.1) is 0 Å². The number of ether oxygens (including phenoxy) is 1. The Labute approximate surface area is 161 Å². The topological polar surface area (TPSA) is 56.1 Å². The molecule has 0 spiro atoms. The van der Waals surface area contributed by atoms with Crippen molar-refractivity contribution in [3.8, 4) is 5.75 Å². The maximum atomic E-state index is 12.4. The molecule has 5 nitrogen and oxygen atoms in total. The Morgan fingerprint density at radius 2 is 1.85 bits per heavy atom. The summed E-state index contributed by atoms with van der Waals surface area (Å²) in [4.78, 5) is 12.4. The number of hydrogen-bond donors (Lipinski definition) is 1. The summed E-state index contributed by atoms with van der Waals surface area (Å²) in [5.74, 6) is 1.03. The predicted molar refractivity (Wildman–Crippen MR) is 106 cm³/mol. The Morgan fingerprint density at radius 1 is 1.15 bits per heavy atom. The van der Waals surface area contributed by atoms with Crippen LogP contribution in [0.5, 0.6) is 5.75 Å². The molecule has 134 valence electrons. The SMILES string of the molecule is CCOc1ccc(C(=O)Nc2nn(Cc3ccc(C)cc3)cc2Br)cc1. The van der Waals surface area contributed by atoms with Crippen LogP contribution in [0.25, 0.3) is 0 Å². The first kappa shape index (κ1) is 18.2. The van der Waals surface area contributed by atoms with Gasteiger partial charge in [0, 0.05) is 11.8 Å². The maximum Gasteiger partial charge on any atom is 0.256 e. The Kier molecular flexibility index (Phi) is 5.73. The molecule has 2 aromatic carbocycles. The van der Waals surface area contributed by atoms with Crippen LogP contribution in [-0.2, 0) is 6.54 Å². The minimum atomic E-state index is -0.214. The number of amides is 1. The Hall–Kier alpha value is -2.60. The van der Waals surface area contributed by atoms with E-state index in [1.807, 2.05) is 13.1 Å². The Morgan fingerprint density at radius 3 is 2.50 bits per heavy atom. The van der Waals surface area contributed by atoms with Crippen molar-refractivity contribution in [3.05, 3.63) is 75.9 Å². The van der Waals surface area contributed by atoms with E-state index in [4.69, 9.17) is 4.74 Å². The zero-order valence-corrected chi connectivity index (χ0v) is 16.3. The summed E-state index contributed by atoms with van der Waals surface area (Å²) in [5, 5.41) is 7.29. The third-order valence-electron chi connectivity index (χ3n) is 3.84. The average molecular weight is 414 g/mol. The van der Waals surface area contributed by atoms with Crippen LogP contribution in [0.2, 0.25) is 0 Å². The minimum absolute atomic E-state index is 0.214. The van der Waals surface area contributed by atoms with E-state index in [2.05, 4.69) is 57.5 Å². The number of carbonyl (C=O) groups excluding carboxylic acids is 1. The van der Waals surface area contributed by atoms with E-state index >= 15 is 0 Å². The number of rotatable bonds is 6. The molecule has 1 heterocycles. The molecule has 0 unspecified atom stereocenters. The van der Waals surface area contributed by atoms with Crippen LogP contribution in [0.1, 0.15) is 28.4 Å². The predicted octanol–water partition coefficient (Wildman–Crippen LogP) is 4.65. The molecule has 0 fully saturated rings. The quantitative estimate of drug-likeness (QED) is 0.639. The lowest BCUT2D eigenvalue weighted by molar-refractivity contribution is 0.102. The van der Waals surface area contributed by atoms with Crippen LogP contribution in [0.3, 0.4) is 0 Å². The second-order valence-corrected chi connectivity index (χ2v) is 6.77. The van der Waals surface area contributed by atoms with E-state index in [0.29, 0.717) is 24.5 Å². The standard InChI is InChI=1S/C20H20BrN3O2/c1-3-26-17-10-8-16(9-11-17)20(25)22-19-18(21)13-24(23-19)12-15-6-4-14(2)5-7-15/h4-11,13H,3,12H2,1-2H3,(H,22,23,25). The lowest BCUT2D eigenvalue weighted by Crippen LogP contribution is -2.13. The average Bonchev–Trinajstić information content (AvgIpc) is 2.97. The van der Waals surface area contributed by atoms with Gasteiger partial charge in [-0.2, -0.15) is 5.10 Å². The van der Waals surface area contributed by atoms with Gasteiger partial charge in [0.1, 0.15) is 5.75 Å². The van der Waals surface area contributed by atoms with Gasteiger partial charge < -0.3 is 10.1 Å². The molecule has 0 saturated carbocycles. The summed E-state index contributed by atoms with van der Waals surface area (Å²) < 4.78 is 7.92. The van der Waals surface area contributed by atoms with Gasteiger partial charge in [0.15, 0.2) is 5.82 Å². The van der Waals surface area contributed by atoms with E-state index in [0.717, 1.165) is 15.8 Å². The van der Waals surface area contributed by atoms with Gasteiger partial charge in [0.05, 0.1) is 17.6 Å². The lowest BCUT2D eigenvalue weighted by atomic mass is 10.1. The highest BCUT2D eigenvalue weighted by molar-refractivity contribution is 9.10. The van der Waals surface area contributed by atoms with E-state index in [-0.39, 0.29) is 5.91 Å². The highest BCUT2D eigenvalue weighted by Crippen LogP contribution is 2.22. The lowest BCUT2D eigenvalue weighted by Gasteiger charge is -2.05. The number of carbonyl (C=O) groups is 1. The number of aryl methyl sites for hydroxylation is 1. The fourth-order valence-corrected chi connectivity index (χ4v) is 2.91. The third kappa shape index (κ3) is 4.52. The highest BCUT2D eigenvalue weighted by atomic mass is 79.9. The zero-order valence-electron chi connectivity index (χ0n) is 14.7. The van der Waals surface area contributed by atoms with Crippen LogP contribution < -0.4 is 10.1 Å². The monoisotopic (exact) mass is 413 g/mol. The second kappa shape index (κ2) is 8.19. The molecular formula is C20H20BrN3O2. The largest absolute Gasteiger partial charge is 0.494 e. The van der Waals surface area contributed by atoms with E-state index < -0.39 is 0 Å². The van der Waals surface area contributed by atoms with Crippen molar-refractivity contribution >= 4 is 27.7 Å². The number of nitrogens with zero attached hydrogens (tertiary/aromatic N) is 2. The first-order valence-electron chi connectivity index (χ1n) is 8.38. The molecule has 0 radical (unpaired) electrons. The van der Waals surface area contributed by atoms with Gasteiger partial charge in [-0.05, 0) is 59.6 Å². The first-order valence-corrected chi connectivity index (χ1v) is 9.17. The van der Waals surface area contributed by atoms with Gasteiger partial charge in [0.2, 0.25) is 0 Å². The number of anilines is 1. The van der Waals surface area contributed by atoms with Gasteiger partial charge in [0.25, 0.3) is 5.91 Å². The molecule has 1 amide bonds. The van der Waals surface area contributed by atoms with E-state index in [1.165, 1.54) is 5.56 Å². The van der Waals surface area contributed by atoms with E-state index in [1.54, 1.807) is 28.9 Å². The van der Waals surface area contributed by atoms with Gasteiger partial charge in [-0.1, -0.05) is 29.8 Å². The molecule has 1 N–H and O–H groups in total. The normalized spacial score (nSPS) is 10.6. The van der Waals surface area contributed by atoms with Crippen LogP contribution >= 0.6 is 15.9 Å². The first-order chi connectivity index (χ1) is 12.5. The van der Waals surface area contributed by atoms with Crippen LogP contribution in [-0.4, -0.2) is 22.3 Å². The fraction of sp³-hybridized carbons (Fsp3) is 0.200. The Bertz CT molecular complexity index is 886. The molecular weight excluding hydrogens is 394 g/mol. The summed E-state index contributed by atoms with van der Waals surface area (Å²) >= 11 is 3.46. The van der Waals surface area contributed by atoms with Crippen molar-refractivity contribution in [1.82, 2.24) is 9.78 Å². The molecule has 3 rings (SSSR count). The van der Waals surface area contributed by atoms with Crippen molar-refractivity contribution in [2.24, 2.45) is 0 Å². The number of benzene rings is 2. The summed E-state index contributed by atoms with van der Waals surface area (Å²) in [6, 6.07) is 15.3. The molecule has 6 heteroatoms. The number of halogens is 1. The molecule has 1 aromatic heterocycles. The van der Waals surface area contributed by atoms with Crippen molar-refractivity contribution in [3.63, 3.8) is 0 Å². The molecule has 26 heavy (non-hydrogen) atoms. The number of nitrogens with one attached hydrogen (secondary N) is 1. The van der Waals surface area contributed by atoms with Gasteiger partial charge in [-0.3, -0.25) is 9.48 Å². The van der Waals surface area contributed by atoms with Crippen molar-refractivity contribution < 1.29 is 9.53 Å². The maximum absolute atomic E-state index is 12.4. The second-order valence-electron chi connectivity index (χ2n) is 5.92. The van der Waals surface area contributed by atoms with E-state index in [9.17, 15) is 4.79 Å². The van der Waals surface area contributed by atoms with Crippen LogP contribution in [0.4, 0.5) is 5.82 Å². The summed E-state index contributed by atoms with van der Waals surface area (Å²) in [6.07, 6.45) is 1.85. The van der Waals surface area contributed by atoms with Crippen LogP contribution in [0.15, 0.2) is 59.2 Å². The highest BCUT2D eigenvalue weighted by Gasteiger charge is 2.12. The van der Waals surface area contributed by atoms with Crippen LogP contribution in [0, 0.1) is 6.92 Å². The third-order valence-corrected chi connectivity index (χ3v) is 4.42. The van der Waals surface area contributed by atoms with Gasteiger partial charge in [-0.25, -0.2) is 0 Å². The summed E-state index contributed by atoms with van der Waals surface area (Å²) in [5.41, 5.74) is 2.92. The van der Waals surface area contributed by atoms with Crippen molar-refractivity contribution in [1.29, 1.82) is 0 Å². The summed E-state index contributed by atoms with van der Waals surface area (Å²) in [6.45, 7) is 5.21. The number of hydrogen-bond acceptors (Lipinski definition) is 3. The smallest absolute Gasteiger partial charge is 0.256 e. The summed E-state index contributed by atoms with van der Waals surface area (Å²) in [7, 11) is 0. The molecule has 0 aliphatic heterocycles. The molecule has 0 saturated heterocycles. The molecule has 0 bridgehead atoms. The van der Waals surface area contributed by atoms with Crippen molar-refractivity contribution in [2.45, 2.75) is 20.4 Å². The number of aromatic nitrogens is 2. The fourth-order valence-electron chi connectivity index (χ4n) is 2.49. The van der Waals surface area contributed by atoms with Gasteiger partial charge >= 0.3 is 0 Å². The molecule has 0 aliphatic rings. The van der Waals surface area contributed by atoms with Crippen molar-refractivity contribution in [2.75, 3.05) is 11.9 Å². The minimum Gasteiger partial charge on any atom is -0.494 e. The molecule has 3 aromatic rings. The molecule has 0 atom stereocenters. The zero-order chi connectivity index (χ0) is 18.5. The molecule has 0 aliphatic carbocycles.